The average molecular weight is 244 g/mol. The number of nitrogens with two attached hydrogens (primary N) is 2. The molecule has 2 rings (SSSR count). The van der Waals surface area contributed by atoms with Crippen molar-refractivity contribution in [3.05, 3.63) is 42.0 Å². The van der Waals surface area contributed by atoms with Crippen molar-refractivity contribution in [2.75, 3.05) is 23.0 Å². The maximum atomic E-state index is 5.56. The van der Waals surface area contributed by atoms with Crippen molar-refractivity contribution in [1.29, 1.82) is 0 Å². The van der Waals surface area contributed by atoms with Crippen molar-refractivity contribution in [3.8, 4) is 0 Å². The lowest BCUT2D eigenvalue weighted by molar-refractivity contribution is 1.00. The van der Waals surface area contributed by atoms with Gasteiger partial charge in [-0.2, -0.15) is 9.97 Å². The molecule has 0 unspecified atom stereocenters. The van der Waals surface area contributed by atoms with Gasteiger partial charge in [0.05, 0.1) is 0 Å². The van der Waals surface area contributed by atoms with Crippen LogP contribution in [-0.4, -0.2) is 16.5 Å². The zero-order chi connectivity index (χ0) is 12.8. The number of anilines is 3. The van der Waals surface area contributed by atoms with Gasteiger partial charge in [-0.05, 0) is 12.0 Å². The molecular weight excluding hydrogens is 228 g/mol. The van der Waals surface area contributed by atoms with E-state index in [4.69, 9.17) is 11.6 Å². The molecule has 0 fully saturated rings. The Labute approximate surface area is 105 Å². The Morgan fingerprint density at radius 2 is 1.78 bits per heavy atom. The van der Waals surface area contributed by atoms with Crippen LogP contribution in [0.1, 0.15) is 5.56 Å². The van der Waals surface area contributed by atoms with Crippen molar-refractivity contribution in [1.82, 2.24) is 9.97 Å². The first-order chi connectivity index (χ1) is 8.78. The van der Waals surface area contributed by atoms with E-state index in [0.717, 1.165) is 13.0 Å². The molecule has 0 saturated heterocycles. The third kappa shape index (κ3) is 3.33. The number of hydrogen-bond acceptors (Lipinski definition) is 6. The van der Waals surface area contributed by atoms with E-state index in [2.05, 4.69) is 32.8 Å². The van der Waals surface area contributed by atoms with Crippen LogP contribution in [0.2, 0.25) is 0 Å². The Morgan fingerprint density at radius 3 is 2.50 bits per heavy atom. The van der Waals surface area contributed by atoms with Gasteiger partial charge in [0.25, 0.3) is 0 Å². The van der Waals surface area contributed by atoms with E-state index < -0.39 is 0 Å². The lowest BCUT2D eigenvalue weighted by Gasteiger charge is -2.08. The summed E-state index contributed by atoms with van der Waals surface area (Å²) in [6.45, 7) is 0.768. The van der Waals surface area contributed by atoms with Gasteiger partial charge in [-0.3, -0.25) is 0 Å². The highest BCUT2D eigenvalue weighted by atomic mass is 15.3. The van der Waals surface area contributed by atoms with Gasteiger partial charge < -0.3 is 16.5 Å². The van der Waals surface area contributed by atoms with Crippen molar-refractivity contribution >= 4 is 17.6 Å². The Balaban J connectivity index is 1.92. The van der Waals surface area contributed by atoms with Gasteiger partial charge in [-0.25, -0.2) is 5.84 Å². The summed E-state index contributed by atoms with van der Waals surface area (Å²) < 4.78 is 0. The fourth-order valence-corrected chi connectivity index (χ4v) is 1.61. The van der Waals surface area contributed by atoms with Gasteiger partial charge in [0.2, 0.25) is 5.95 Å². The minimum absolute atomic E-state index is 0.188. The van der Waals surface area contributed by atoms with Gasteiger partial charge in [0.15, 0.2) is 0 Å². The SMILES string of the molecule is NNc1cc(NCCc2ccccc2)nc(N)n1. The fraction of sp³-hybridized carbons (Fsp3) is 0.167. The summed E-state index contributed by atoms with van der Waals surface area (Å²) in [5, 5.41) is 3.18. The second-order valence-corrected chi connectivity index (χ2v) is 3.80. The van der Waals surface area contributed by atoms with E-state index in [1.54, 1.807) is 6.07 Å². The number of nitrogen functional groups attached to an aromatic ring is 2. The predicted molar refractivity (Wildman–Crippen MR) is 72.9 cm³/mol. The van der Waals surface area contributed by atoms with Gasteiger partial charge in [-0.1, -0.05) is 30.3 Å². The normalized spacial score (nSPS) is 10.1. The minimum atomic E-state index is 0.188. The number of rotatable bonds is 5. The lowest BCUT2D eigenvalue weighted by atomic mass is 10.1. The Hall–Kier alpha value is -2.34. The summed E-state index contributed by atoms with van der Waals surface area (Å²) in [6.07, 6.45) is 0.913. The van der Waals surface area contributed by atoms with E-state index in [1.807, 2.05) is 18.2 Å². The highest BCUT2D eigenvalue weighted by Gasteiger charge is 2.00. The van der Waals surface area contributed by atoms with Crippen molar-refractivity contribution in [2.45, 2.75) is 6.42 Å². The van der Waals surface area contributed by atoms with Crippen LogP contribution >= 0.6 is 0 Å². The van der Waals surface area contributed by atoms with Crippen LogP contribution in [-0.2, 0) is 6.42 Å². The number of hydrazine groups is 1. The monoisotopic (exact) mass is 244 g/mol. The molecule has 0 radical (unpaired) electrons. The second kappa shape index (κ2) is 5.83. The van der Waals surface area contributed by atoms with Crippen LogP contribution in [0.25, 0.3) is 0 Å². The van der Waals surface area contributed by atoms with Crippen molar-refractivity contribution in [3.63, 3.8) is 0 Å². The molecule has 1 aromatic heterocycles. The van der Waals surface area contributed by atoms with E-state index in [1.165, 1.54) is 5.56 Å². The molecule has 6 N–H and O–H groups in total. The molecule has 0 aliphatic rings. The summed E-state index contributed by atoms with van der Waals surface area (Å²) >= 11 is 0. The first-order valence-electron chi connectivity index (χ1n) is 5.67. The molecule has 1 heterocycles. The van der Waals surface area contributed by atoms with E-state index in [9.17, 15) is 0 Å². The van der Waals surface area contributed by atoms with Crippen LogP contribution in [0.5, 0.6) is 0 Å². The standard InChI is InChI=1S/C12H16N6/c13-12-16-10(8-11(17-12)18-14)15-7-6-9-4-2-1-3-5-9/h1-5,8H,6-7,14H2,(H4,13,15,16,17,18). The minimum Gasteiger partial charge on any atom is -0.370 e. The molecular formula is C12H16N6. The highest BCUT2D eigenvalue weighted by Crippen LogP contribution is 2.11. The Bertz CT molecular complexity index is 499. The van der Waals surface area contributed by atoms with Crippen molar-refractivity contribution < 1.29 is 0 Å². The number of nitrogens with one attached hydrogen (secondary N) is 2. The molecule has 0 bridgehead atoms. The van der Waals surface area contributed by atoms with Gasteiger partial charge in [0, 0.05) is 12.6 Å². The quantitative estimate of drug-likeness (QED) is 0.462. The smallest absolute Gasteiger partial charge is 0.223 e. The molecule has 2 aromatic rings. The maximum absolute atomic E-state index is 5.56. The molecule has 94 valence electrons. The number of aromatic nitrogens is 2. The summed E-state index contributed by atoms with van der Waals surface area (Å²) in [5.41, 5.74) is 9.27. The fourth-order valence-electron chi connectivity index (χ4n) is 1.61. The van der Waals surface area contributed by atoms with E-state index >= 15 is 0 Å². The first-order valence-corrected chi connectivity index (χ1v) is 5.67. The van der Waals surface area contributed by atoms with Crippen LogP contribution in [0.4, 0.5) is 17.6 Å². The van der Waals surface area contributed by atoms with E-state index in [0.29, 0.717) is 11.6 Å². The molecule has 1 aromatic carbocycles. The van der Waals surface area contributed by atoms with Crippen LogP contribution < -0.4 is 22.3 Å². The zero-order valence-corrected chi connectivity index (χ0v) is 9.93. The molecule has 0 atom stereocenters. The summed E-state index contributed by atoms with van der Waals surface area (Å²) in [5.74, 6) is 6.62. The number of benzene rings is 1. The topological polar surface area (TPSA) is 102 Å². The number of hydrogen-bond donors (Lipinski definition) is 4. The van der Waals surface area contributed by atoms with Crippen LogP contribution in [0, 0.1) is 0 Å². The highest BCUT2D eigenvalue weighted by molar-refractivity contribution is 5.50. The largest absolute Gasteiger partial charge is 0.370 e. The average Bonchev–Trinajstić information content (AvgIpc) is 2.39. The molecule has 6 heteroatoms. The van der Waals surface area contributed by atoms with Gasteiger partial charge in [-0.15, -0.1) is 0 Å². The maximum Gasteiger partial charge on any atom is 0.223 e. The Morgan fingerprint density at radius 1 is 1.06 bits per heavy atom. The van der Waals surface area contributed by atoms with Gasteiger partial charge in [0.1, 0.15) is 11.6 Å². The Kier molecular flexibility index (Phi) is 3.93. The van der Waals surface area contributed by atoms with Gasteiger partial charge >= 0.3 is 0 Å². The third-order valence-corrected chi connectivity index (χ3v) is 2.45. The third-order valence-electron chi connectivity index (χ3n) is 2.45. The summed E-state index contributed by atoms with van der Waals surface area (Å²) in [6, 6.07) is 11.9. The molecule has 0 aliphatic carbocycles. The molecule has 0 spiro atoms. The van der Waals surface area contributed by atoms with Crippen molar-refractivity contribution in [2.24, 2.45) is 5.84 Å². The molecule has 6 nitrogen and oxygen atoms in total. The number of nitrogens with zero attached hydrogens (tertiary/aromatic N) is 2. The van der Waals surface area contributed by atoms with Crippen LogP contribution in [0.15, 0.2) is 36.4 Å². The lowest BCUT2D eigenvalue weighted by Crippen LogP contribution is -2.13. The molecule has 0 saturated carbocycles. The van der Waals surface area contributed by atoms with E-state index in [-0.39, 0.29) is 5.95 Å². The molecule has 18 heavy (non-hydrogen) atoms. The summed E-state index contributed by atoms with van der Waals surface area (Å²) in [7, 11) is 0. The predicted octanol–water partition coefficient (Wildman–Crippen LogP) is 0.999. The second-order valence-electron chi connectivity index (χ2n) is 3.80. The first kappa shape index (κ1) is 12.1. The molecule has 0 amide bonds. The molecule has 0 aliphatic heterocycles. The summed E-state index contributed by atoms with van der Waals surface area (Å²) in [4.78, 5) is 7.98. The van der Waals surface area contributed by atoms with Crippen LogP contribution in [0.3, 0.4) is 0 Å². The zero-order valence-electron chi connectivity index (χ0n) is 9.93.